The van der Waals surface area contributed by atoms with E-state index in [0.717, 1.165) is 0 Å². The highest BCUT2D eigenvalue weighted by atomic mass is 35.5. The summed E-state index contributed by atoms with van der Waals surface area (Å²) in [6.07, 6.45) is 0.559. The molecule has 1 N–H and O–H groups in total. The second-order valence-electron chi connectivity index (χ2n) is 6.55. The smallest absolute Gasteiger partial charge is 0.340 e. The van der Waals surface area contributed by atoms with Crippen LogP contribution in [0.25, 0.3) is 11.3 Å². The van der Waals surface area contributed by atoms with Crippen molar-refractivity contribution in [3.63, 3.8) is 0 Å². The average molecular weight is 490 g/mol. The number of aldehydes is 1. The number of halogens is 2. The maximum Gasteiger partial charge on any atom is 0.340 e. The molecule has 1 amide bonds. The number of amides is 1. The molecule has 10 heteroatoms. The highest BCUT2D eigenvalue weighted by Crippen LogP contribution is 2.27. The Bertz CT molecular complexity index is 1220. The molecule has 0 spiro atoms. The highest BCUT2D eigenvalue weighted by molar-refractivity contribution is 6.34. The molecular weight excluding hydrogens is 473 g/mol. The Morgan fingerprint density at radius 2 is 1.61 bits per heavy atom. The lowest BCUT2D eigenvalue weighted by Crippen LogP contribution is -2.21. The number of esters is 2. The SMILES string of the molecule is CCOC(=O)c1cc(NC(=O)COC(=O)c2cc(-c3ccc(C=O)o3)ccc2Cl)ccc1Cl. The van der Waals surface area contributed by atoms with Gasteiger partial charge in [0.1, 0.15) is 5.76 Å². The zero-order valence-corrected chi connectivity index (χ0v) is 18.7. The first-order valence-electron chi connectivity index (χ1n) is 9.61. The summed E-state index contributed by atoms with van der Waals surface area (Å²) in [4.78, 5) is 47.4. The molecule has 0 saturated heterocycles. The van der Waals surface area contributed by atoms with Crippen LogP contribution in [-0.2, 0) is 14.3 Å². The molecule has 170 valence electrons. The van der Waals surface area contributed by atoms with Crippen LogP contribution in [0.15, 0.2) is 52.9 Å². The molecule has 2 aromatic carbocycles. The van der Waals surface area contributed by atoms with Crippen LogP contribution in [0.5, 0.6) is 0 Å². The Morgan fingerprint density at radius 3 is 2.27 bits per heavy atom. The number of nitrogens with one attached hydrogen (secondary N) is 1. The molecule has 0 aliphatic rings. The normalized spacial score (nSPS) is 10.4. The number of anilines is 1. The molecule has 0 bridgehead atoms. The van der Waals surface area contributed by atoms with Crippen molar-refractivity contribution >= 4 is 53.0 Å². The van der Waals surface area contributed by atoms with E-state index in [1.807, 2.05) is 0 Å². The van der Waals surface area contributed by atoms with Gasteiger partial charge < -0.3 is 19.2 Å². The van der Waals surface area contributed by atoms with Gasteiger partial charge in [-0.05, 0) is 55.5 Å². The molecule has 1 heterocycles. The Labute approximate surface area is 198 Å². The van der Waals surface area contributed by atoms with E-state index in [-0.39, 0.29) is 39.2 Å². The zero-order valence-electron chi connectivity index (χ0n) is 17.2. The largest absolute Gasteiger partial charge is 0.462 e. The minimum absolute atomic E-state index is 0.0158. The third-order valence-electron chi connectivity index (χ3n) is 4.29. The van der Waals surface area contributed by atoms with Gasteiger partial charge >= 0.3 is 11.9 Å². The van der Waals surface area contributed by atoms with E-state index in [4.69, 9.17) is 37.1 Å². The van der Waals surface area contributed by atoms with E-state index < -0.39 is 24.5 Å². The summed E-state index contributed by atoms with van der Waals surface area (Å²) >= 11 is 12.1. The first kappa shape index (κ1) is 24.0. The number of furan rings is 1. The molecule has 0 aliphatic carbocycles. The van der Waals surface area contributed by atoms with Crippen molar-refractivity contribution in [1.29, 1.82) is 0 Å². The zero-order chi connectivity index (χ0) is 24.0. The number of ether oxygens (including phenoxy) is 2. The van der Waals surface area contributed by atoms with Crippen LogP contribution < -0.4 is 5.32 Å². The second-order valence-corrected chi connectivity index (χ2v) is 7.37. The highest BCUT2D eigenvalue weighted by Gasteiger charge is 2.17. The molecule has 0 atom stereocenters. The van der Waals surface area contributed by atoms with Gasteiger partial charge in [0.2, 0.25) is 0 Å². The number of carbonyl (C=O) groups is 4. The summed E-state index contributed by atoms with van der Waals surface area (Å²) in [6, 6.07) is 11.9. The van der Waals surface area contributed by atoms with Gasteiger partial charge in [0.05, 0.1) is 27.8 Å². The molecule has 0 saturated carbocycles. The summed E-state index contributed by atoms with van der Waals surface area (Å²) in [5, 5.41) is 2.80. The quantitative estimate of drug-likeness (QED) is 0.348. The molecule has 0 radical (unpaired) electrons. The lowest BCUT2D eigenvalue weighted by atomic mass is 10.1. The molecule has 8 nitrogen and oxygen atoms in total. The lowest BCUT2D eigenvalue weighted by molar-refractivity contribution is -0.119. The summed E-state index contributed by atoms with van der Waals surface area (Å²) in [5.74, 6) is -1.61. The van der Waals surface area contributed by atoms with Crippen molar-refractivity contribution in [3.05, 3.63) is 75.5 Å². The van der Waals surface area contributed by atoms with Gasteiger partial charge in [-0.1, -0.05) is 23.2 Å². The summed E-state index contributed by atoms with van der Waals surface area (Å²) in [5.41, 5.74) is 0.874. The Morgan fingerprint density at radius 1 is 0.939 bits per heavy atom. The number of benzene rings is 2. The molecule has 0 fully saturated rings. The van der Waals surface area contributed by atoms with Crippen LogP contribution in [0.1, 0.15) is 38.2 Å². The van der Waals surface area contributed by atoms with E-state index in [1.54, 1.807) is 19.1 Å². The maximum atomic E-state index is 12.5. The molecular formula is C23H17Cl2NO7. The molecule has 0 aliphatic heterocycles. The van der Waals surface area contributed by atoms with Crippen molar-refractivity contribution in [2.45, 2.75) is 6.92 Å². The van der Waals surface area contributed by atoms with E-state index in [2.05, 4.69) is 5.32 Å². The fourth-order valence-corrected chi connectivity index (χ4v) is 3.17. The second kappa shape index (κ2) is 10.8. The lowest BCUT2D eigenvalue weighted by Gasteiger charge is -2.10. The number of hydrogen-bond acceptors (Lipinski definition) is 7. The molecule has 33 heavy (non-hydrogen) atoms. The molecule has 3 rings (SSSR count). The van der Waals surface area contributed by atoms with Gasteiger partial charge in [-0.15, -0.1) is 0 Å². The number of carbonyl (C=O) groups excluding carboxylic acids is 4. The molecule has 3 aromatic rings. The van der Waals surface area contributed by atoms with Gasteiger partial charge in [0.15, 0.2) is 18.7 Å². The van der Waals surface area contributed by atoms with Crippen LogP contribution in [0.2, 0.25) is 10.0 Å². The number of hydrogen-bond donors (Lipinski definition) is 1. The van der Waals surface area contributed by atoms with E-state index in [0.29, 0.717) is 17.6 Å². The first-order valence-corrected chi connectivity index (χ1v) is 10.4. The fraction of sp³-hybridized carbons (Fsp3) is 0.130. The van der Waals surface area contributed by atoms with Crippen LogP contribution in [0, 0.1) is 0 Å². The fourth-order valence-electron chi connectivity index (χ4n) is 2.78. The van der Waals surface area contributed by atoms with E-state index >= 15 is 0 Å². The maximum absolute atomic E-state index is 12.5. The first-order chi connectivity index (χ1) is 15.8. The van der Waals surface area contributed by atoms with Gasteiger partial charge in [-0.2, -0.15) is 0 Å². The summed E-state index contributed by atoms with van der Waals surface area (Å²) < 4.78 is 15.3. The monoisotopic (exact) mass is 489 g/mol. The molecule has 0 unspecified atom stereocenters. The van der Waals surface area contributed by atoms with Gasteiger partial charge in [0, 0.05) is 11.3 Å². The topological polar surface area (TPSA) is 112 Å². The summed E-state index contributed by atoms with van der Waals surface area (Å²) in [7, 11) is 0. The van der Waals surface area contributed by atoms with Gasteiger partial charge in [-0.3, -0.25) is 9.59 Å². The van der Waals surface area contributed by atoms with Crippen LogP contribution >= 0.6 is 23.2 Å². The molecule has 1 aromatic heterocycles. The van der Waals surface area contributed by atoms with Crippen molar-refractivity contribution < 1.29 is 33.1 Å². The minimum Gasteiger partial charge on any atom is -0.462 e. The third-order valence-corrected chi connectivity index (χ3v) is 4.95. The van der Waals surface area contributed by atoms with Crippen molar-refractivity contribution in [3.8, 4) is 11.3 Å². The average Bonchev–Trinajstić information content (AvgIpc) is 3.28. The van der Waals surface area contributed by atoms with E-state index in [1.165, 1.54) is 36.4 Å². The van der Waals surface area contributed by atoms with Crippen molar-refractivity contribution in [2.75, 3.05) is 18.5 Å². The van der Waals surface area contributed by atoms with Gasteiger partial charge in [-0.25, -0.2) is 9.59 Å². The Balaban J connectivity index is 1.66. The van der Waals surface area contributed by atoms with Crippen LogP contribution in [0.3, 0.4) is 0 Å². The standard InChI is InChI=1S/C23H17Cl2NO7/c1-2-31-22(29)17-10-14(4-7-19(17)25)26-21(28)12-32-23(30)16-9-13(3-6-18(16)24)20-8-5-15(11-27)33-20/h3-11H,2,12H2,1H3,(H,26,28). The van der Waals surface area contributed by atoms with Crippen LogP contribution in [-0.4, -0.2) is 37.3 Å². The predicted molar refractivity (Wildman–Crippen MR) is 121 cm³/mol. The Kier molecular flexibility index (Phi) is 7.87. The van der Waals surface area contributed by atoms with Crippen molar-refractivity contribution in [1.82, 2.24) is 0 Å². The Hall–Kier alpha value is -3.62. The van der Waals surface area contributed by atoms with Crippen molar-refractivity contribution in [2.24, 2.45) is 0 Å². The van der Waals surface area contributed by atoms with Crippen LogP contribution in [0.4, 0.5) is 5.69 Å². The number of rotatable bonds is 8. The summed E-state index contributed by atoms with van der Waals surface area (Å²) in [6.45, 7) is 1.22. The predicted octanol–water partition coefficient (Wildman–Crippen LogP) is 5.04. The van der Waals surface area contributed by atoms with Gasteiger partial charge in [0.25, 0.3) is 5.91 Å². The third kappa shape index (κ3) is 6.00. The minimum atomic E-state index is -0.831. The van der Waals surface area contributed by atoms with E-state index in [9.17, 15) is 19.2 Å².